The van der Waals surface area contributed by atoms with Crippen molar-refractivity contribution < 1.29 is 13.9 Å². The van der Waals surface area contributed by atoms with Crippen molar-refractivity contribution >= 4 is 29.0 Å². The highest BCUT2D eigenvalue weighted by Crippen LogP contribution is 2.21. The number of rotatable bonds is 8. The van der Waals surface area contributed by atoms with E-state index in [-0.39, 0.29) is 5.76 Å². The third-order valence-electron chi connectivity index (χ3n) is 7.13. The highest BCUT2D eigenvalue weighted by Gasteiger charge is 2.24. The number of aryl methyl sites for hydroxylation is 1. The van der Waals surface area contributed by atoms with E-state index in [9.17, 15) is 10.1 Å². The van der Waals surface area contributed by atoms with Crippen LogP contribution in [0.1, 0.15) is 47.9 Å². The van der Waals surface area contributed by atoms with Gasteiger partial charge in [0.2, 0.25) is 5.76 Å². The number of aromatic nitrogens is 1. The fourth-order valence-corrected chi connectivity index (χ4v) is 5.19. The number of hydrogen-bond donors (Lipinski definition) is 1. The van der Waals surface area contributed by atoms with Gasteiger partial charge in [-0.05, 0) is 75.1 Å². The lowest BCUT2D eigenvalue weighted by Gasteiger charge is -2.38. The molecule has 3 aromatic rings. The molecule has 1 unspecified atom stereocenters. The standard InChI is InChI=1S/C28H32N4O3/c1-2-34-28(33)27-17-22-16-23(7-9-26(22)35-27)32-13-11-31(12-14-32)10-4-3-5-21-19-30-25-8-6-20(18-29)15-24(21)25/h6,8-9,15-17,19,23,30H,2-5,7,10-14H2,1H3. The minimum Gasteiger partial charge on any atom is -0.460 e. The van der Waals surface area contributed by atoms with E-state index in [2.05, 4.69) is 39.2 Å². The van der Waals surface area contributed by atoms with Gasteiger partial charge in [0.15, 0.2) is 0 Å². The Morgan fingerprint density at radius 3 is 2.89 bits per heavy atom. The van der Waals surface area contributed by atoms with Gasteiger partial charge in [-0.1, -0.05) is 6.08 Å². The summed E-state index contributed by atoms with van der Waals surface area (Å²) >= 11 is 0. The van der Waals surface area contributed by atoms with Crippen LogP contribution in [0.15, 0.2) is 34.9 Å². The Kier molecular flexibility index (Phi) is 7.03. The molecule has 2 aliphatic rings. The van der Waals surface area contributed by atoms with Crippen molar-refractivity contribution in [3.8, 4) is 6.07 Å². The molecule has 0 saturated carbocycles. The monoisotopic (exact) mass is 472 g/mol. The lowest BCUT2D eigenvalue weighted by Crippen LogP contribution is -2.51. The van der Waals surface area contributed by atoms with Crippen LogP contribution < -0.4 is 10.6 Å². The summed E-state index contributed by atoms with van der Waals surface area (Å²) in [6.45, 7) is 7.51. The molecule has 3 heterocycles. The summed E-state index contributed by atoms with van der Waals surface area (Å²) in [6.07, 6.45) is 10.7. The van der Waals surface area contributed by atoms with Gasteiger partial charge >= 0.3 is 5.97 Å². The van der Waals surface area contributed by atoms with Crippen molar-refractivity contribution in [2.24, 2.45) is 0 Å². The number of nitrogens with zero attached hydrogens (tertiary/aromatic N) is 3. The Hall–Kier alpha value is -3.34. The maximum Gasteiger partial charge on any atom is 0.374 e. The van der Waals surface area contributed by atoms with Crippen molar-refractivity contribution in [1.29, 1.82) is 5.26 Å². The summed E-state index contributed by atoms with van der Waals surface area (Å²) in [5.74, 6) is -0.113. The third kappa shape index (κ3) is 5.19. The van der Waals surface area contributed by atoms with Gasteiger partial charge in [0.05, 0.1) is 18.2 Å². The minimum atomic E-state index is -0.398. The van der Waals surface area contributed by atoms with Crippen molar-refractivity contribution in [2.75, 3.05) is 39.3 Å². The van der Waals surface area contributed by atoms with E-state index in [0.29, 0.717) is 18.2 Å². The lowest BCUT2D eigenvalue weighted by atomic mass is 10.0. The van der Waals surface area contributed by atoms with Crippen molar-refractivity contribution in [1.82, 2.24) is 14.8 Å². The lowest BCUT2D eigenvalue weighted by molar-refractivity contribution is 0.0488. The summed E-state index contributed by atoms with van der Waals surface area (Å²) in [5, 5.41) is 11.3. The molecule has 0 amide bonds. The second-order valence-electron chi connectivity index (χ2n) is 9.35. The van der Waals surface area contributed by atoms with Gasteiger partial charge in [-0.25, -0.2) is 4.79 Å². The van der Waals surface area contributed by atoms with E-state index in [1.54, 1.807) is 13.0 Å². The Labute approximate surface area is 205 Å². The Morgan fingerprint density at radius 1 is 1.23 bits per heavy atom. The molecule has 1 N–H and O–H groups in total. The summed E-state index contributed by atoms with van der Waals surface area (Å²) in [4.78, 5) is 20.4. The highest BCUT2D eigenvalue weighted by atomic mass is 16.5. The number of ether oxygens (including phenoxy) is 1. The molecular formula is C28H32N4O3. The van der Waals surface area contributed by atoms with E-state index in [1.165, 1.54) is 17.4 Å². The van der Waals surface area contributed by atoms with E-state index in [0.717, 1.165) is 68.1 Å². The molecule has 0 radical (unpaired) electrons. The van der Waals surface area contributed by atoms with Gasteiger partial charge < -0.3 is 19.0 Å². The summed E-state index contributed by atoms with van der Waals surface area (Å²) in [6, 6.07) is 10.2. The zero-order valence-electron chi connectivity index (χ0n) is 20.3. The van der Waals surface area contributed by atoms with Crippen LogP contribution in [0.25, 0.3) is 23.1 Å². The van der Waals surface area contributed by atoms with Crippen LogP contribution in [0.5, 0.6) is 0 Å². The molecule has 5 rings (SSSR count). The number of H-pyrrole nitrogens is 1. The number of nitriles is 1. The van der Waals surface area contributed by atoms with Crippen LogP contribution in [-0.4, -0.2) is 66.1 Å². The minimum absolute atomic E-state index is 0.285. The number of unbranched alkanes of at least 4 members (excludes halogenated alkanes) is 1. The number of carbonyl (C=O) groups is 1. The molecule has 1 aliphatic carbocycles. The van der Waals surface area contributed by atoms with Crippen LogP contribution >= 0.6 is 0 Å². The summed E-state index contributed by atoms with van der Waals surface area (Å²) < 4.78 is 10.7. The fourth-order valence-electron chi connectivity index (χ4n) is 5.19. The average molecular weight is 473 g/mol. The highest BCUT2D eigenvalue weighted by molar-refractivity contribution is 5.86. The molecule has 1 atom stereocenters. The predicted octanol–water partition coefficient (Wildman–Crippen LogP) is 2.78. The van der Waals surface area contributed by atoms with E-state index < -0.39 is 5.97 Å². The number of benzene rings is 1. The molecule has 182 valence electrons. The number of esters is 1. The van der Waals surface area contributed by atoms with E-state index in [4.69, 9.17) is 9.15 Å². The average Bonchev–Trinajstić information content (AvgIpc) is 3.50. The van der Waals surface area contributed by atoms with Crippen molar-refractivity contribution in [3.63, 3.8) is 0 Å². The van der Waals surface area contributed by atoms with Gasteiger partial charge in [0.25, 0.3) is 0 Å². The first-order chi connectivity index (χ1) is 17.1. The van der Waals surface area contributed by atoms with E-state index >= 15 is 0 Å². The maximum absolute atomic E-state index is 12.0. The second kappa shape index (κ2) is 10.5. The zero-order valence-corrected chi connectivity index (χ0v) is 20.3. The first-order valence-electron chi connectivity index (χ1n) is 12.6. The Bertz CT molecular complexity index is 1350. The molecular weight excluding hydrogens is 440 g/mol. The largest absolute Gasteiger partial charge is 0.460 e. The fraction of sp³-hybridized carbons (Fsp3) is 0.429. The Balaban J connectivity index is 1.09. The molecule has 7 heteroatoms. The quantitative estimate of drug-likeness (QED) is 0.401. The third-order valence-corrected chi connectivity index (χ3v) is 7.13. The van der Waals surface area contributed by atoms with Gasteiger partial charge in [-0.2, -0.15) is 5.26 Å². The first-order valence-corrected chi connectivity index (χ1v) is 12.6. The summed E-state index contributed by atoms with van der Waals surface area (Å²) in [7, 11) is 0. The zero-order chi connectivity index (χ0) is 24.2. The van der Waals surface area contributed by atoms with Crippen LogP contribution in [0.3, 0.4) is 0 Å². The molecule has 0 bridgehead atoms. The molecule has 0 spiro atoms. The molecule has 1 fully saturated rings. The molecule has 7 nitrogen and oxygen atoms in total. The van der Waals surface area contributed by atoms with Crippen molar-refractivity contribution in [3.05, 3.63) is 58.0 Å². The number of piperazine rings is 1. The number of nitrogens with one attached hydrogen (secondary N) is 1. The topological polar surface area (TPSA) is 85.5 Å². The van der Waals surface area contributed by atoms with Gasteiger partial charge in [0, 0.05) is 54.5 Å². The predicted molar refractivity (Wildman–Crippen MR) is 135 cm³/mol. The number of aromatic amines is 1. The van der Waals surface area contributed by atoms with E-state index in [1.807, 2.05) is 18.2 Å². The number of furan rings is 1. The number of carbonyl (C=O) groups excluding carboxylic acids is 1. The summed E-state index contributed by atoms with van der Waals surface area (Å²) in [5.41, 5.74) is 3.90. The second-order valence-corrected chi connectivity index (χ2v) is 9.35. The molecule has 35 heavy (non-hydrogen) atoms. The van der Waals surface area contributed by atoms with Gasteiger partial charge in [-0.3, -0.25) is 4.90 Å². The van der Waals surface area contributed by atoms with Crippen molar-refractivity contribution in [2.45, 2.75) is 38.6 Å². The molecule has 2 aromatic heterocycles. The van der Waals surface area contributed by atoms with Crippen LogP contribution in [0.2, 0.25) is 0 Å². The van der Waals surface area contributed by atoms with Crippen LogP contribution in [0.4, 0.5) is 0 Å². The molecule has 1 aliphatic heterocycles. The number of hydrogen-bond acceptors (Lipinski definition) is 6. The molecule has 1 saturated heterocycles. The number of fused-ring (bicyclic) bond motifs is 2. The Morgan fingerprint density at radius 2 is 2.09 bits per heavy atom. The SMILES string of the molecule is CCOC(=O)c1cc2c(o1)=CCC(N1CCN(CCCCc3c[nH]c4ccc(C#N)cc34)CC1)C=2. The van der Waals surface area contributed by atoms with Gasteiger partial charge in [0.1, 0.15) is 5.42 Å². The maximum atomic E-state index is 12.0. The van der Waals surface area contributed by atoms with Crippen LogP contribution in [-0.2, 0) is 11.2 Å². The molecule has 1 aromatic carbocycles. The first kappa shape index (κ1) is 23.4. The smallest absolute Gasteiger partial charge is 0.374 e. The van der Waals surface area contributed by atoms with Gasteiger partial charge in [-0.15, -0.1) is 0 Å². The van der Waals surface area contributed by atoms with Crippen LogP contribution in [0, 0.1) is 11.3 Å². The normalized spacial score (nSPS) is 18.5.